The van der Waals surface area contributed by atoms with Gasteiger partial charge < -0.3 is 14.8 Å². The molecule has 0 fully saturated rings. The minimum absolute atomic E-state index is 0.0219. The van der Waals surface area contributed by atoms with Gasteiger partial charge in [0.1, 0.15) is 22.0 Å². The number of amides is 1. The number of rotatable bonds is 8. The van der Waals surface area contributed by atoms with Crippen LogP contribution in [0.4, 0.5) is 24.5 Å². The van der Waals surface area contributed by atoms with Crippen molar-refractivity contribution in [2.75, 3.05) is 33.1 Å². The zero-order valence-electron chi connectivity index (χ0n) is 17.0. The van der Waals surface area contributed by atoms with Gasteiger partial charge in [-0.15, -0.1) is 0 Å². The van der Waals surface area contributed by atoms with E-state index in [0.29, 0.717) is 6.07 Å². The maximum Gasteiger partial charge on any atom is 0.420 e. The largest absolute Gasteiger partial charge is 0.495 e. The molecule has 0 heterocycles. The normalized spacial score (nSPS) is 11.8. The quantitative estimate of drug-likeness (QED) is 0.457. The summed E-state index contributed by atoms with van der Waals surface area (Å²) in [5.74, 6) is -1.65. The third-order valence-corrected chi connectivity index (χ3v) is 5.88. The van der Waals surface area contributed by atoms with Crippen molar-refractivity contribution in [3.63, 3.8) is 0 Å². The first-order valence-electron chi connectivity index (χ1n) is 8.66. The average molecular weight is 477 g/mol. The molecule has 14 heteroatoms. The summed E-state index contributed by atoms with van der Waals surface area (Å²) in [6, 6.07) is 5.60. The van der Waals surface area contributed by atoms with Gasteiger partial charge in [-0.25, -0.2) is 12.7 Å². The van der Waals surface area contributed by atoms with E-state index in [1.54, 1.807) is 0 Å². The lowest BCUT2D eigenvalue weighted by molar-refractivity contribution is -0.385. The average Bonchev–Trinajstić information content (AvgIpc) is 2.71. The van der Waals surface area contributed by atoms with Gasteiger partial charge in [0.05, 0.1) is 12.0 Å². The number of methoxy groups -OCH3 is 1. The number of sulfonamides is 1. The number of anilines is 1. The number of halogens is 3. The van der Waals surface area contributed by atoms with E-state index in [0.717, 1.165) is 22.5 Å². The molecule has 32 heavy (non-hydrogen) atoms. The van der Waals surface area contributed by atoms with Crippen molar-refractivity contribution >= 4 is 27.3 Å². The highest BCUT2D eigenvalue weighted by molar-refractivity contribution is 7.89. The van der Waals surface area contributed by atoms with E-state index in [9.17, 15) is 36.5 Å². The van der Waals surface area contributed by atoms with Gasteiger partial charge in [0.25, 0.3) is 11.6 Å². The summed E-state index contributed by atoms with van der Waals surface area (Å²) >= 11 is 0. The first-order chi connectivity index (χ1) is 14.8. The highest BCUT2D eigenvalue weighted by Crippen LogP contribution is 2.38. The maximum atomic E-state index is 13.2. The van der Waals surface area contributed by atoms with Crippen LogP contribution >= 0.6 is 0 Å². The molecule has 0 atom stereocenters. The van der Waals surface area contributed by atoms with Gasteiger partial charge in [0.15, 0.2) is 6.61 Å². The molecule has 0 bridgehead atoms. The summed E-state index contributed by atoms with van der Waals surface area (Å²) in [5.41, 5.74) is -2.18. The van der Waals surface area contributed by atoms with Crippen LogP contribution in [0.5, 0.6) is 11.5 Å². The molecule has 2 aromatic carbocycles. The van der Waals surface area contributed by atoms with E-state index in [2.05, 4.69) is 5.32 Å². The SMILES string of the molecule is COc1ccc(NC(=O)COc2ccc([N+](=O)[O-])cc2C(F)(F)F)cc1S(=O)(=O)N(C)C. The smallest absolute Gasteiger partial charge is 0.420 e. The number of hydrogen-bond donors (Lipinski definition) is 1. The van der Waals surface area contributed by atoms with Crippen molar-refractivity contribution < 1.29 is 40.8 Å². The first-order valence-corrected chi connectivity index (χ1v) is 10.1. The highest BCUT2D eigenvalue weighted by atomic mass is 32.2. The second-order valence-corrected chi connectivity index (χ2v) is 8.55. The lowest BCUT2D eigenvalue weighted by Gasteiger charge is -2.16. The Labute approximate surface area is 180 Å². The Bertz CT molecular complexity index is 1140. The Kier molecular flexibility index (Phi) is 7.31. The second kappa shape index (κ2) is 9.40. The fraction of sp³-hybridized carbons (Fsp3) is 0.278. The number of carbonyl (C=O) groups is 1. The predicted molar refractivity (Wildman–Crippen MR) is 106 cm³/mol. The number of non-ortho nitro benzene ring substituents is 1. The molecule has 0 aliphatic heterocycles. The van der Waals surface area contributed by atoms with Crippen LogP contribution < -0.4 is 14.8 Å². The maximum absolute atomic E-state index is 13.2. The Morgan fingerprint density at radius 3 is 2.31 bits per heavy atom. The number of nitro groups is 1. The molecular weight excluding hydrogens is 459 g/mol. The number of carbonyl (C=O) groups excluding carboxylic acids is 1. The summed E-state index contributed by atoms with van der Waals surface area (Å²) in [6.07, 6.45) is -4.96. The molecule has 0 aromatic heterocycles. The third-order valence-electron chi connectivity index (χ3n) is 4.04. The van der Waals surface area contributed by atoms with Crippen molar-refractivity contribution in [3.05, 3.63) is 52.1 Å². The van der Waals surface area contributed by atoms with E-state index in [4.69, 9.17) is 9.47 Å². The van der Waals surface area contributed by atoms with Gasteiger partial charge in [-0.2, -0.15) is 13.2 Å². The molecule has 2 aromatic rings. The van der Waals surface area contributed by atoms with E-state index in [1.807, 2.05) is 0 Å². The molecule has 174 valence electrons. The van der Waals surface area contributed by atoms with Crippen LogP contribution in [-0.2, 0) is 21.0 Å². The van der Waals surface area contributed by atoms with E-state index >= 15 is 0 Å². The number of benzene rings is 2. The van der Waals surface area contributed by atoms with Crippen molar-refractivity contribution in [3.8, 4) is 11.5 Å². The first kappa shape index (κ1) is 24.9. The van der Waals surface area contributed by atoms with E-state index in [1.165, 1.54) is 33.3 Å². The molecule has 0 unspecified atom stereocenters. The van der Waals surface area contributed by atoms with E-state index < -0.39 is 50.6 Å². The van der Waals surface area contributed by atoms with Gasteiger partial charge in [0, 0.05) is 31.9 Å². The summed E-state index contributed by atoms with van der Waals surface area (Å²) in [7, 11) is -0.0544. The number of nitrogens with one attached hydrogen (secondary N) is 1. The molecule has 0 aliphatic carbocycles. The Morgan fingerprint density at radius 1 is 1.16 bits per heavy atom. The van der Waals surface area contributed by atoms with Crippen molar-refractivity contribution in [2.24, 2.45) is 0 Å². The summed E-state index contributed by atoms with van der Waals surface area (Å²) in [5, 5.41) is 13.0. The number of hydrogen-bond acceptors (Lipinski definition) is 7. The number of nitro benzene ring substituents is 1. The zero-order valence-corrected chi connectivity index (χ0v) is 17.8. The summed E-state index contributed by atoms with van der Waals surface area (Å²) in [4.78, 5) is 21.7. The molecule has 1 N–H and O–H groups in total. The number of nitrogens with zero attached hydrogens (tertiary/aromatic N) is 2. The molecule has 1 amide bonds. The highest BCUT2D eigenvalue weighted by Gasteiger charge is 2.36. The predicted octanol–water partition coefficient (Wildman–Crippen LogP) is 2.89. The summed E-state index contributed by atoms with van der Waals surface area (Å²) in [6.45, 7) is -0.872. The molecule has 0 saturated carbocycles. The third kappa shape index (κ3) is 5.64. The van der Waals surface area contributed by atoms with Crippen molar-refractivity contribution in [2.45, 2.75) is 11.1 Å². The van der Waals surface area contributed by atoms with Gasteiger partial charge >= 0.3 is 6.18 Å². The second-order valence-electron chi connectivity index (χ2n) is 6.43. The number of alkyl halides is 3. The minimum Gasteiger partial charge on any atom is -0.495 e. The van der Waals surface area contributed by atoms with E-state index in [-0.39, 0.29) is 16.3 Å². The Balaban J connectivity index is 2.22. The van der Waals surface area contributed by atoms with Crippen LogP contribution in [0, 0.1) is 10.1 Å². The van der Waals surface area contributed by atoms with Gasteiger partial charge in [-0.3, -0.25) is 14.9 Å². The summed E-state index contributed by atoms with van der Waals surface area (Å²) < 4.78 is 75.2. The van der Waals surface area contributed by atoms with Gasteiger partial charge in [0.2, 0.25) is 10.0 Å². The molecule has 0 radical (unpaired) electrons. The fourth-order valence-electron chi connectivity index (χ4n) is 2.47. The Hall–Kier alpha value is -3.39. The van der Waals surface area contributed by atoms with Crippen LogP contribution in [0.3, 0.4) is 0 Å². The molecular formula is C18H18F3N3O7S. The minimum atomic E-state index is -4.96. The van der Waals surface area contributed by atoms with Crippen LogP contribution in [0.15, 0.2) is 41.3 Å². The lowest BCUT2D eigenvalue weighted by Crippen LogP contribution is -2.24. The lowest BCUT2D eigenvalue weighted by atomic mass is 10.1. The number of ether oxygens (including phenoxy) is 2. The Morgan fingerprint density at radius 2 is 1.78 bits per heavy atom. The van der Waals surface area contributed by atoms with Gasteiger partial charge in [-0.1, -0.05) is 0 Å². The fourth-order valence-corrected chi connectivity index (χ4v) is 3.55. The topological polar surface area (TPSA) is 128 Å². The zero-order chi connectivity index (χ0) is 24.3. The van der Waals surface area contributed by atoms with Gasteiger partial charge in [-0.05, 0) is 24.3 Å². The molecule has 0 saturated heterocycles. The molecule has 0 aliphatic rings. The standard InChI is InChI=1S/C18H18F3N3O7S/c1-23(2)32(28,29)16-8-11(4-6-15(16)30-3)22-17(25)10-31-14-7-5-12(24(26)27)9-13(14)18(19,20)21/h4-9H,10H2,1-3H3,(H,22,25). The van der Waals surface area contributed by atoms with Crippen LogP contribution in [0.2, 0.25) is 0 Å². The molecule has 0 spiro atoms. The van der Waals surface area contributed by atoms with Crippen LogP contribution in [-0.4, -0.2) is 51.4 Å². The van der Waals surface area contributed by atoms with Crippen molar-refractivity contribution in [1.82, 2.24) is 4.31 Å². The van der Waals surface area contributed by atoms with Crippen LogP contribution in [0.25, 0.3) is 0 Å². The monoisotopic (exact) mass is 477 g/mol. The van der Waals surface area contributed by atoms with Crippen LogP contribution in [0.1, 0.15) is 5.56 Å². The molecule has 2 rings (SSSR count). The molecule has 10 nitrogen and oxygen atoms in total. The van der Waals surface area contributed by atoms with Crippen molar-refractivity contribution in [1.29, 1.82) is 0 Å².